The zero-order valence-electron chi connectivity index (χ0n) is 9.20. The Morgan fingerprint density at radius 3 is 1.69 bits per heavy atom. The Balaban J connectivity index is 2.21. The Labute approximate surface area is 97.7 Å². The van der Waals surface area contributed by atoms with Crippen LogP contribution in [0.5, 0.6) is 0 Å². The fraction of sp³-hybridized carbons (Fsp3) is 0.0667. The molecule has 0 saturated heterocycles. The van der Waals surface area contributed by atoms with Gasteiger partial charge >= 0.3 is 0 Å². The maximum absolute atomic E-state index is 5.60. The molecule has 2 aromatic rings. The third-order valence-corrected chi connectivity index (χ3v) is 2.31. The van der Waals surface area contributed by atoms with Gasteiger partial charge in [-0.15, -0.1) is 0 Å². The molecular formula is C15H11B. The minimum absolute atomic E-state index is 0.765. The average molecular weight is 202 g/mol. The molecule has 0 aliphatic rings. The Morgan fingerprint density at radius 1 is 0.750 bits per heavy atom. The first-order valence-electron chi connectivity index (χ1n) is 5.18. The maximum atomic E-state index is 5.60. The van der Waals surface area contributed by atoms with Gasteiger partial charge in [0.2, 0.25) is 0 Å². The van der Waals surface area contributed by atoms with Gasteiger partial charge in [-0.05, 0) is 31.2 Å². The molecule has 0 saturated carbocycles. The molecule has 0 aliphatic heterocycles. The summed E-state index contributed by atoms with van der Waals surface area (Å²) < 4.78 is 0. The highest BCUT2D eigenvalue weighted by Gasteiger charge is 1.87. The molecule has 0 spiro atoms. The lowest BCUT2D eigenvalue weighted by Gasteiger charge is -1.93. The molecule has 16 heavy (non-hydrogen) atoms. The van der Waals surface area contributed by atoms with Crippen molar-refractivity contribution in [3.63, 3.8) is 0 Å². The van der Waals surface area contributed by atoms with Gasteiger partial charge in [0.15, 0.2) is 0 Å². The molecule has 0 aliphatic carbocycles. The van der Waals surface area contributed by atoms with E-state index in [1.807, 2.05) is 36.4 Å². The Hall–Kier alpha value is -1.94. The predicted octanol–water partition coefficient (Wildman–Crippen LogP) is 2.19. The number of hydrogen-bond donors (Lipinski definition) is 0. The van der Waals surface area contributed by atoms with Gasteiger partial charge in [-0.25, -0.2) is 0 Å². The highest BCUT2D eigenvalue weighted by molar-refractivity contribution is 6.32. The molecule has 0 aromatic heterocycles. The monoisotopic (exact) mass is 202 g/mol. The fourth-order valence-corrected chi connectivity index (χ4v) is 1.35. The van der Waals surface area contributed by atoms with Gasteiger partial charge < -0.3 is 0 Å². The van der Waals surface area contributed by atoms with Crippen LogP contribution in [0.1, 0.15) is 16.7 Å². The Bertz CT molecular complexity index is 475. The summed E-state index contributed by atoms with van der Waals surface area (Å²) in [6.07, 6.45) is 0. The summed E-state index contributed by atoms with van der Waals surface area (Å²) in [5.41, 5.74) is 4.02. The van der Waals surface area contributed by atoms with Gasteiger partial charge in [0.25, 0.3) is 0 Å². The van der Waals surface area contributed by atoms with Crippen molar-refractivity contribution in [1.82, 2.24) is 0 Å². The quantitative estimate of drug-likeness (QED) is 0.453. The van der Waals surface area contributed by atoms with Crippen LogP contribution in [0.4, 0.5) is 0 Å². The minimum Gasteiger partial charge on any atom is -0.0966 e. The zero-order chi connectivity index (χ0) is 11.4. The van der Waals surface area contributed by atoms with E-state index in [0.717, 1.165) is 16.6 Å². The molecule has 74 valence electrons. The number of hydrogen-bond acceptors (Lipinski definition) is 0. The van der Waals surface area contributed by atoms with Crippen molar-refractivity contribution in [3.8, 4) is 11.8 Å². The lowest BCUT2D eigenvalue weighted by Crippen LogP contribution is -1.99. The largest absolute Gasteiger partial charge is 0.113 e. The van der Waals surface area contributed by atoms with E-state index in [0.29, 0.717) is 0 Å². The first-order valence-corrected chi connectivity index (χ1v) is 5.18. The van der Waals surface area contributed by atoms with Gasteiger partial charge in [0, 0.05) is 11.1 Å². The molecule has 1 heteroatoms. The number of benzene rings is 2. The van der Waals surface area contributed by atoms with Gasteiger partial charge in [0.05, 0.1) is 0 Å². The molecule has 2 rings (SSSR count). The fourth-order valence-electron chi connectivity index (χ4n) is 1.35. The molecule has 0 fully saturated rings. The van der Waals surface area contributed by atoms with Crippen LogP contribution in [0, 0.1) is 18.8 Å². The summed E-state index contributed by atoms with van der Waals surface area (Å²) in [7, 11) is 5.60. The summed E-state index contributed by atoms with van der Waals surface area (Å²) in [5, 5.41) is 0. The van der Waals surface area contributed by atoms with Crippen LogP contribution >= 0.6 is 0 Å². The second-order valence-corrected chi connectivity index (χ2v) is 3.74. The van der Waals surface area contributed by atoms with Crippen molar-refractivity contribution >= 4 is 13.3 Å². The van der Waals surface area contributed by atoms with Crippen molar-refractivity contribution in [2.75, 3.05) is 0 Å². The normalized spacial score (nSPS) is 9.31. The summed E-state index contributed by atoms with van der Waals surface area (Å²) in [4.78, 5) is 0. The molecule has 0 bridgehead atoms. The number of aryl methyl sites for hydroxylation is 1. The van der Waals surface area contributed by atoms with E-state index in [-0.39, 0.29) is 0 Å². The van der Waals surface area contributed by atoms with E-state index >= 15 is 0 Å². The average Bonchev–Trinajstić information content (AvgIpc) is 2.30. The highest BCUT2D eigenvalue weighted by Crippen LogP contribution is 2.02. The minimum atomic E-state index is 0.765. The summed E-state index contributed by atoms with van der Waals surface area (Å²) in [6, 6.07) is 15.8. The SMILES string of the molecule is [B]c1ccc(C#Cc2ccc(C)cc2)cc1. The van der Waals surface area contributed by atoms with Crippen LogP contribution in [0.2, 0.25) is 0 Å². The van der Waals surface area contributed by atoms with Crippen molar-refractivity contribution in [2.24, 2.45) is 0 Å². The molecular weight excluding hydrogens is 191 g/mol. The second-order valence-electron chi connectivity index (χ2n) is 3.74. The van der Waals surface area contributed by atoms with Gasteiger partial charge in [-0.1, -0.05) is 47.1 Å². The van der Waals surface area contributed by atoms with E-state index < -0.39 is 0 Å². The van der Waals surface area contributed by atoms with E-state index in [2.05, 4.69) is 30.9 Å². The third kappa shape index (κ3) is 2.78. The van der Waals surface area contributed by atoms with Crippen LogP contribution in [0.3, 0.4) is 0 Å². The van der Waals surface area contributed by atoms with E-state index in [9.17, 15) is 0 Å². The summed E-state index contributed by atoms with van der Waals surface area (Å²) in [6.45, 7) is 2.07. The Morgan fingerprint density at radius 2 is 1.19 bits per heavy atom. The van der Waals surface area contributed by atoms with Crippen LogP contribution in [-0.4, -0.2) is 7.85 Å². The van der Waals surface area contributed by atoms with Crippen molar-refractivity contribution < 1.29 is 0 Å². The maximum Gasteiger partial charge on any atom is 0.113 e. The Kier molecular flexibility index (Phi) is 3.12. The van der Waals surface area contributed by atoms with Gasteiger partial charge in [0.1, 0.15) is 7.85 Å². The molecule has 2 aromatic carbocycles. The predicted molar refractivity (Wildman–Crippen MR) is 69.0 cm³/mol. The molecule has 0 heterocycles. The van der Waals surface area contributed by atoms with Gasteiger partial charge in [-0.3, -0.25) is 0 Å². The molecule has 2 radical (unpaired) electrons. The highest BCUT2D eigenvalue weighted by atomic mass is 13.9. The molecule has 0 atom stereocenters. The molecule has 0 unspecified atom stereocenters. The number of rotatable bonds is 0. The van der Waals surface area contributed by atoms with E-state index in [4.69, 9.17) is 7.85 Å². The van der Waals surface area contributed by atoms with E-state index in [1.54, 1.807) is 0 Å². The smallest absolute Gasteiger partial charge is 0.0966 e. The summed E-state index contributed by atoms with van der Waals surface area (Å²) in [5.74, 6) is 6.22. The van der Waals surface area contributed by atoms with Crippen molar-refractivity contribution in [2.45, 2.75) is 6.92 Å². The first-order chi connectivity index (χ1) is 7.74. The second kappa shape index (κ2) is 4.72. The molecule has 0 amide bonds. The third-order valence-electron chi connectivity index (χ3n) is 2.31. The summed E-state index contributed by atoms with van der Waals surface area (Å²) >= 11 is 0. The molecule has 0 N–H and O–H groups in total. The van der Waals surface area contributed by atoms with Crippen LogP contribution in [0.15, 0.2) is 48.5 Å². The van der Waals surface area contributed by atoms with Crippen molar-refractivity contribution in [3.05, 3.63) is 65.2 Å². The zero-order valence-corrected chi connectivity index (χ0v) is 9.20. The van der Waals surface area contributed by atoms with Crippen LogP contribution in [0.25, 0.3) is 0 Å². The standard InChI is InChI=1S/C15H11B/c1-12-2-4-13(5-3-12)6-7-14-8-10-15(16)11-9-14/h2-5,8-11H,1H3. The molecule has 0 nitrogen and oxygen atoms in total. The van der Waals surface area contributed by atoms with Gasteiger partial charge in [-0.2, -0.15) is 0 Å². The van der Waals surface area contributed by atoms with Crippen LogP contribution < -0.4 is 5.46 Å². The lowest BCUT2D eigenvalue weighted by molar-refractivity contribution is 1.46. The lowest BCUT2D eigenvalue weighted by atomic mass is 9.95. The van der Waals surface area contributed by atoms with Crippen molar-refractivity contribution in [1.29, 1.82) is 0 Å². The van der Waals surface area contributed by atoms with Crippen LogP contribution in [-0.2, 0) is 0 Å². The topological polar surface area (TPSA) is 0 Å². The van der Waals surface area contributed by atoms with E-state index in [1.165, 1.54) is 5.56 Å². The first kappa shape index (κ1) is 10.6.